The van der Waals surface area contributed by atoms with Crippen molar-refractivity contribution < 1.29 is 19.0 Å². The van der Waals surface area contributed by atoms with E-state index in [-0.39, 0.29) is 6.61 Å². The fourth-order valence-electron chi connectivity index (χ4n) is 1.43. The molecule has 0 unspecified atom stereocenters. The van der Waals surface area contributed by atoms with Gasteiger partial charge in [-0.1, -0.05) is 15.9 Å². The number of carbonyl (C=O) groups is 1. The average molecular weight is 411 g/mol. The summed E-state index contributed by atoms with van der Waals surface area (Å²) < 4.78 is 16.7. The topological polar surface area (TPSA) is 70.8 Å². The molecule has 112 valence electrons. The second-order valence-corrected chi connectivity index (χ2v) is 5.71. The molecule has 0 aliphatic heterocycles. The normalized spacial score (nSPS) is 10.6. The molecule has 0 bridgehead atoms. The number of hydrogen-bond acceptors (Lipinski definition) is 5. The van der Waals surface area contributed by atoms with Crippen LogP contribution in [0, 0.1) is 0 Å². The molecule has 0 atom stereocenters. The third-order valence-electron chi connectivity index (χ3n) is 2.41. The number of hydrogen-bond donors (Lipinski definition) is 1. The Morgan fingerprint density at radius 3 is 2.65 bits per heavy atom. The molecule has 0 aromatic heterocycles. The molecule has 1 rings (SSSR count). The molecule has 1 aromatic rings. The molecular weight excluding hydrogens is 394 g/mol. The van der Waals surface area contributed by atoms with E-state index in [2.05, 4.69) is 31.9 Å². The summed E-state index contributed by atoms with van der Waals surface area (Å²) in [7, 11) is 1.64. The minimum atomic E-state index is -0.468. The van der Waals surface area contributed by atoms with Gasteiger partial charge in [-0.3, -0.25) is 0 Å². The van der Waals surface area contributed by atoms with Crippen molar-refractivity contribution in [2.45, 2.75) is 6.42 Å². The Hall–Kier alpha value is -0.630. The first-order valence-corrected chi connectivity index (χ1v) is 7.63. The molecule has 1 aromatic carbocycles. The van der Waals surface area contributed by atoms with E-state index in [1.165, 1.54) is 0 Å². The van der Waals surface area contributed by atoms with Crippen molar-refractivity contribution in [3.05, 3.63) is 26.6 Å². The van der Waals surface area contributed by atoms with Crippen LogP contribution in [0.3, 0.4) is 0 Å². The zero-order valence-corrected chi connectivity index (χ0v) is 14.3. The predicted octanol–water partition coefficient (Wildman–Crippen LogP) is 3.00. The monoisotopic (exact) mass is 409 g/mol. The Morgan fingerprint density at radius 2 is 1.95 bits per heavy atom. The number of nitrogens with two attached hydrogens (primary N) is 1. The van der Waals surface area contributed by atoms with Crippen molar-refractivity contribution in [1.29, 1.82) is 0 Å². The van der Waals surface area contributed by atoms with Crippen LogP contribution >= 0.6 is 31.9 Å². The standard InChI is InChI=1S/C13H17Br2NO4/c1-18-3-2-4-19-5-6-20-13(17)10-7-9(14)8-11(15)12(10)16/h7-8H,2-6,16H2,1H3. The van der Waals surface area contributed by atoms with E-state index in [1.807, 2.05) is 0 Å². The van der Waals surface area contributed by atoms with Gasteiger partial charge >= 0.3 is 5.97 Å². The largest absolute Gasteiger partial charge is 0.460 e. The van der Waals surface area contributed by atoms with Gasteiger partial charge in [0.15, 0.2) is 0 Å². The smallest absolute Gasteiger partial charge is 0.340 e. The van der Waals surface area contributed by atoms with Crippen LogP contribution in [0.15, 0.2) is 21.1 Å². The van der Waals surface area contributed by atoms with Gasteiger partial charge in [0, 0.05) is 29.3 Å². The number of rotatable bonds is 8. The summed E-state index contributed by atoms with van der Waals surface area (Å²) in [5, 5.41) is 0. The van der Waals surface area contributed by atoms with Crippen molar-refractivity contribution in [2.24, 2.45) is 0 Å². The SMILES string of the molecule is COCCCOCCOC(=O)c1cc(Br)cc(Br)c1N. The molecular formula is C13H17Br2NO4. The number of anilines is 1. The number of halogens is 2. The van der Waals surface area contributed by atoms with Gasteiger partial charge in [-0.05, 0) is 34.5 Å². The Morgan fingerprint density at radius 1 is 1.20 bits per heavy atom. The maximum atomic E-state index is 11.9. The Balaban J connectivity index is 2.36. The fraction of sp³-hybridized carbons (Fsp3) is 0.462. The van der Waals surface area contributed by atoms with E-state index in [0.29, 0.717) is 35.5 Å². The molecule has 0 radical (unpaired) electrons. The van der Waals surface area contributed by atoms with E-state index in [0.717, 1.165) is 10.9 Å². The molecule has 0 spiro atoms. The molecule has 0 saturated heterocycles. The minimum absolute atomic E-state index is 0.190. The van der Waals surface area contributed by atoms with Gasteiger partial charge in [0.1, 0.15) is 6.61 Å². The van der Waals surface area contributed by atoms with Gasteiger partial charge in [0.25, 0.3) is 0 Å². The molecule has 5 nitrogen and oxygen atoms in total. The molecule has 0 heterocycles. The van der Waals surface area contributed by atoms with Crippen molar-refractivity contribution in [1.82, 2.24) is 0 Å². The molecule has 2 N–H and O–H groups in total. The summed E-state index contributed by atoms with van der Waals surface area (Å²) in [6.45, 7) is 1.78. The lowest BCUT2D eigenvalue weighted by molar-refractivity contribution is 0.0289. The zero-order valence-electron chi connectivity index (χ0n) is 11.2. The second-order valence-electron chi connectivity index (χ2n) is 3.94. The number of benzene rings is 1. The van der Waals surface area contributed by atoms with Crippen molar-refractivity contribution in [3.63, 3.8) is 0 Å². The highest BCUT2D eigenvalue weighted by molar-refractivity contribution is 9.11. The number of nitrogen functional groups attached to an aromatic ring is 1. The lowest BCUT2D eigenvalue weighted by Crippen LogP contribution is -2.13. The van der Waals surface area contributed by atoms with E-state index < -0.39 is 5.97 Å². The summed E-state index contributed by atoms with van der Waals surface area (Å²) in [6, 6.07) is 3.40. The van der Waals surface area contributed by atoms with E-state index in [4.69, 9.17) is 19.9 Å². The molecule has 0 aliphatic rings. The van der Waals surface area contributed by atoms with Crippen LogP contribution in [-0.4, -0.2) is 39.5 Å². The highest BCUT2D eigenvalue weighted by atomic mass is 79.9. The lowest BCUT2D eigenvalue weighted by atomic mass is 10.2. The van der Waals surface area contributed by atoms with E-state index in [1.54, 1.807) is 19.2 Å². The lowest BCUT2D eigenvalue weighted by Gasteiger charge is -2.09. The summed E-state index contributed by atoms with van der Waals surface area (Å²) in [6.07, 6.45) is 0.815. The van der Waals surface area contributed by atoms with Crippen LogP contribution in [0.4, 0.5) is 5.69 Å². The van der Waals surface area contributed by atoms with E-state index >= 15 is 0 Å². The first-order chi connectivity index (χ1) is 9.56. The fourth-order valence-corrected chi connectivity index (χ4v) is 2.66. The van der Waals surface area contributed by atoms with Gasteiger partial charge in [0.05, 0.1) is 17.9 Å². The highest BCUT2D eigenvalue weighted by Gasteiger charge is 2.14. The molecule has 0 saturated carbocycles. The van der Waals surface area contributed by atoms with Crippen LogP contribution in [0.2, 0.25) is 0 Å². The highest BCUT2D eigenvalue weighted by Crippen LogP contribution is 2.28. The Bertz CT molecular complexity index is 454. The van der Waals surface area contributed by atoms with Gasteiger partial charge in [-0.2, -0.15) is 0 Å². The number of ether oxygens (including phenoxy) is 3. The third-order valence-corrected chi connectivity index (χ3v) is 3.53. The van der Waals surface area contributed by atoms with Crippen LogP contribution < -0.4 is 5.73 Å². The summed E-state index contributed by atoms with van der Waals surface area (Å²) in [5.74, 6) is -0.468. The third kappa shape index (κ3) is 5.78. The molecule has 0 fully saturated rings. The van der Waals surface area contributed by atoms with Crippen LogP contribution in [0.25, 0.3) is 0 Å². The molecule has 0 aliphatic carbocycles. The zero-order chi connectivity index (χ0) is 15.0. The number of carbonyl (C=O) groups excluding carboxylic acids is 1. The molecule has 7 heteroatoms. The summed E-state index contributed by atoms with van der Waals surface area (Å²) >= 11 is 6.59. The maximum absolute atomic E-state index is 11.9. The second kappa shape index (κ2) is 9.33. The number of methoxy groups -OCH3 is 1. The van der Waals surface area contributed by atoms with Crippen LogP contribution in [-0.2, 0) is 14.2 Å². The predicted molar refractivity (Wildman–Crippen MR) is 83.8 cm³/mol. The quantitative estimate of drug-likeness (QED) is 0.405. The Labute approximate surface area is 135 Å². The van der Waals surface area contributed by atoms with Gasteiger partial charge in [-0.25, -0.2) is 4.79 Å². The molecule has 0 amide bonds. The van der Waals surface area contributed by atoms with Gasteiger partial charge < -0.3 is 19.9 Å². The van der Waals surface area contributed by atoms with Gasteiger partial charge in [-0.15, -0.1) is 0 Å². The Kier molecular flexibility index (Phi) is 8.13. The summed E-state index contributed by atoms with van der Waals surface area (Å²) in [4.78, 5) is 11.9. The number of esters is 1. The van der Waals surface area contributed by atoms with Crippen molar-refractivity contribution in [3.8, 4) is 0 Å². The maximum Gasteiger partial charge on any atom is 0.340 e. The van der Waals surface area contributed by atoms with Crippen molar-refractivity contribution >= 4 is 43.5 Å². The van der Waals surface area contributed by atoms with E-state index in [9.17, 15) is 4.79 Å². The summed E-state index contributed by atoms with van der Waals surface area (Å²) in [5.41, 5.74) is 6.51. The van der Waals surface area contributed by atoms with Crippen LogP contribution in [0.5, 0.6) is 0 Å². The van der Waals surface area contributed by atoms with Crippen LogP contribution in [0.1, 0.15) is 16.8 Å². The minimum Gasteiger partial charge on any atom is -0.460 e. The first kappa shape index (κ1) is 17.4. The van der Waals surface area contributed by atoms with Crippen molar-refractivity contribution in [2.75, 3.05) is 39.3 Å². The first-order valence-electron chi connectivity index (χ1n) is 6.04. The molecule has 20 heavy (non-hydrogen) atoms. The van der Waals surface area contributed by atoms with Gasteiger partial charge in [0.2, 0.25) is 0 Å². The average Bonchev–Trinajstić information content (AvgIpc) is 2.41.